The zero-order valence-electron chi connectivity index (χ0n) is 12.5. The van der Waals surface area contributed by atoms with E-state index in [4.69, 9.17) is 10.6 Å². The summed E-state index contributed by atoms with van der Waals surface area (Å²) in [5.74, 6) is 7.34. The van der Waals surface area contributed by atoms with Crippen LogP contribution in [0.2, 0.25) is 0 Å². The van der Waals surface area contributed by atoms with Crippen LogP contribution in [-0.4, -0.2) is 50.2 Å². The summed E-state index contributed by atoms with van der Waals surface area (Å²) in [6.45, 7) is 3.80. The third kappa shape index (κ3) is 3.39. The van der Waals surface area contributed by atoms with Crippen molar-refractivity contribution in [3.63, 3.8) is 0 Å². The summed E-state index contributed by atoms with van der Waals surface area (Å²) >= 11 is 0. The number of anilines is 1. The molecule has 1 saturated carbocycles. The predicted molar refractivity (Wildman–Crippen MR) is 84.6 cm³/mol. The van der Waals surface area contributed by atoms with Gasteiger partial charge in [-0.1, -0.05) is 0 Å². The van der Waals surface area contributed by atoms with Gasteiger partial charge in [-0.25, -0.2) is 10.8 Å². The summed E-state index contributed by atoms with van der Waals surface area (Å²) in [4.78, 5) is 9.23. The summed E-state index contributed by atoms with van der Waals surface area (Å²) in [5, 5.41) is 0. The lowest BCUT2D eigenvalue weighted by molar-refractivity contribution is 0.372. The highest BCUT2D eigenvalue weighted by atomic mass is 16.5. The van der Waals surface area contributed by atoms with E-state index in [1.165, 1.54) is 18.5 Å². The second-order valence-corrected chi connectivity index (χ2v) is 5.50. The lowest BCUT2D eigenvalue weighted by Gasteiger charge is -2.37. The van der Waals surface area contributed by atoms with Crippen molar-refractivity contribution >= 4 is 11.6 Å². The van der Waals surface area contributed by atoms with Crippen molar-refractivity contribution in [2.24, 2.45) is 10.8 Å². The van der Waals surface area contributed by atoms with E-state index < -0.39 is 0 Å². The van der Waals surface area contributed by atoms with Crippen molar-refractivity contribution in [3.8, 4) is 5.75 Å². The standard InChI is InChI=1S/C15H23N5O/c1-21-14-6-4-13(5-7-14)19-8-10-20(11-9-19)15(18-16)17-12-2-3-12/h4-7,12H,2-3,8-11,16H2,1H3,(H,17,18). The molecule has 0 radical (unpaired) electrons. The number of ether oxygens (including phenoxy) is 1. The van der Waals surface area contributed by atoms with Crippen LogP contribution in [0, 0.1) is 0 Å². The maximum Gasteiger partial charge on any atom is 0.208 e. The first-order chi connectivity index (χ1) is 10.3. The number of methoxy groups -OCH3 is 1. The number of nitrogens with one attached hydrogen (secondary N) is 1. The molecule has 3 rings (SSSR count). The van der Waals surface area contributed by atoms with Crippen LogP contribution in [0.4, 0.5) is 5.69 Å². The second kappa shape index (κ2) is 6.22. The van der Waals surface area contributed by atoms with E-state index in [2.05, 4.69) is 32.4 Å². The largest absolute Gasteiger partial charge is 0.497 e. The van der Waals surface area contributed by atoms with E-state index in [1.807, 2.05) is 12.1 Å². The molecule has 1 saturated heterocycles. The Bertz CT molecular complexity index is 489. The average molecular weight is 289 g/mol. The first-order valence-corrected chi connectivity index (χ1v) is 7.48. The number of guanidine groups is 1. The minimum absolute atomic E-state index is 0.482. The quantitative estimate of drug-likeness (QED) is 0.373. The summed E-state index contributed by atoms with van der Waals surface area (Å²) in [7, 11) is 1.69. The summed E-state index contributed by atoms with van der Waals surface area (Å²) in [5.41, 5.74) is 3.99. The first kappa shape index (κ1) is 14.0. The topological polar surface area (TPSA) is 66.1 Å². The van der Waals surface area contributed by atoms with E-state index >= 15 is 0 Å². The van der Waals surface area contributed by atoms with Crippen molar-refractivity contribution in [1.82, 2.24) is 10.3 Å². The molecule has 2 aliphatic rings. The molecule has 1 heterocycles. The van der Waals surface area contributed by atoms with Gasteiger partial charge in [-0.3, -0.25) is 5.43 Å². The van der Waals surface area contributed by atoms with E-state index in [1.54, 1.807) is 7.11 Å². The number of aliphatic imine (C=N–C) groups is 1. The Morgan fingerprint density at radius 2 is 1.86 bits per heavy atom. The zero-order valence-corrected chi connectivity index (χ0v) is 12.5. The molecule has 1 aromatic carbocycles. The molecule has 0 amide bonds. The fourth-order valence-electron chi connectivity index (χ4n) is 2.56. The second-order valence-electron chi connectivity index (χ2n) is 5.50. The van der Waals surface area contributed by atoms with Crippen LogP contribution >= 0.6 is 0 Å². The molecule has 0 atom stereocenters. The number of nitrogens with two attached hydrogens (primary N) is 1. The lowest BCUT2D eigenvalue weighted by Crippen LogP contribution is -2.54. The van der Waals surface area contributed by atoms with Crippen molar-refractivity contribution < 1.29 is 4.74 Å². The Balaban J connectivity index is 1.58. The van der Waals surface area contributed by atoms with Crippen LogP contribution in [0.1, 0.15) is 12.8 Å². The van der Waals surface area contributed by atoms with E-state index in [-0.39, 0.29) is 0 Å². The minimum Gasteiger partial charge on any atom is -0.497 e. The van der Waals surface area contributed by atoms with Crippen molar-refractivity contribution in [2.45, 2.75) is 18.9 Å². The molecule has 21 heavy (non-hydrogen) atoms. The van der Waals surface area contributed by atoms with Gasteiger partial charge in [0.15, 0.2) is 0 Å². The summed E-state index contributed by atoms with van der Waals surface area (Å²) in [6.07, 6.45) is 2.38. The van der Waals surface area contributed by atoms with Gasteiger partial charge in [-0.05, 0) is 37.1 Å². The summed E-state index contributed by atoms with van der Waals surface area (Å²) < 4.78 is 5.20. The maximum absolute atomic E-state index is 5.61. The van der Waals surface area contributed by atoms with Crippen molar-refractivity contribution in [2.75, 3.05) is 38.2 Å². The van der Waals surface area contributed by atoms with Crippen molar-refractivity contribution in [3.05, 3.63) is 24.3 Å². The molecule has 3 N–H and O–H groups in total. The molecule has 114 valence electrons. The molecule has 6 heteroatoms. The molecule has 1 aromatic rings. The fourth-order valence-corrected chi connectivity index (χ4v) is 2.56. The number of piperazine rings is 1. The van der Waals surface area contributed by atoms with Crippen LogP contribution in [0.3, 0.4) is 0 Å². The van der Waals surface area contributed by atoms with Crippen LogP contribution in [-0.2, 0) is 0 Å². The first-order valence-electron chi connectivity index (χ1n) is 7.48. The van der Waals surface area contributed by atoms with Gasteiger partial charge in [-0.2, -0.15) is 0 Å². The zero-order chi connectivity index (χ0) is 14.7. The summed E-state index contributed by atoms with van der Waals surface area (Å²) in [6, 6.07) is 8.70. The maximum atomic E-state index is 5.61. The number of hydrogen-bond acceptors (Lipinski definition) is 4. The highest BCUT2D eigenvalue weighted by Gasteiger charge is 2.24. The Kier molecular flexibility index (Phi) is 4.15. The van der Waals surface area contributed by atoms with Crippen LogP contribution in [0.5, 0.6) is 5.75 Å². The molecule has 0 bridgehead atoms. The number of rotatable bonds is 3. The van der Waals surface area contributed by atoms with E-state index in [0.717, 1.165) is 37.9 Å². The molecule has 0 unspecified atom stereocenters. The average Bonchev–Trinajstić information content (AvgIpc) is 3.37. The molecule has 2 fully saturated rings. The SMILES string of the molecule is COc1ccc(N2CCN(C(=NC3CC3)NN)CC2)cc1. The van der Waals surface area contributed by atoms with Gasteiger partial charge < -0.3 is 14.5 Å². The Morgan fingerprint density at radius 3 is 2.38 bits per heavy atom. The van der Waals surface area contributed by atoms with Gasteiger partial charge in [0.2, 0.25) is 5.96 Å². The molecule has 1 aliphatic carbocycles. The lowest BCUT2D eigenvalue weighted by atomic mass is 10.2. The third-order valence-electron chi connectivity index (χ3n) is 4.00. The van der Waals surface area contributed by atoms with Gasteiger partial charge in [-0.15, -0.1) is 0 Å². The van der Waals surface area contributed by atoms with Gasteiger partial charge in [0.1, 0.15) is 5.75 Å². The molecular formula is C15H23N5O. The Hall–Kier alpha value is -1.95. The van der Waals surface area contributed by atoms with Crippen LogP contribution in [0.25, 0.3) is 0 Å². The number of hydrazine groups is 1. The molecule has 0 aromatic heterocycles. The Labute approximate surface area is 125 Å². The number of nitrogens with zero attached hydrogens (tertiary/aromatic N) is 3. The van der Waals surface area contributed by atoms with E-state index in [0.29, 0.717) is 6.04 Å². The highest BCUT2D eigenvalue weighted by molar-refractivity contribution is 5.80. The van der Waals surface area contributed by atoms with Crippen LogP contribution in [0.15, 0.2) is 29.3 Å². The monoisotopic (exact) mass is 289 g/mol. The highest BCUT2D eigenvalue weighted by Crippen LogP contribution is 2.24. The third-order valence-corrected chi connectivity index (χ3v) is 4.00. The van der Waals surface area contributed by atoms with Gasteiger partial charge in [0.05, 0.1) is 13.2 Å². The molecular weight excluding hydrogens is 266 g/mol. The van der Waals surface area contributed by atoms with Gasteiger partial charge in [0.25, 0.3) is 0 Å². The molecule has 0 spiro atoms. The Morgan fingerprint density at radius 1 is 1.19 bits per heavy atom. The fraction of sp³-hybridized carbons (Fsp3) is 0.533. The normalized spacial score (nSPS) is 19.6. The predicted octanol–water partition coefficient (Wildman–Crippen LogP) is 0.799. The number of hydrogen-bond donors (Lipinski definition) is 2. The molecule has 6 nitrogen and oxygen atoms in total. The van der Waals surface area contributed by atoms with Crippen molar-refractivity contribution in [1.29, 1.82) is 0 Å². The molecule has 1 aliphatic heterocycles. The van der Waals surface area contributed by atoms with Crippen LogP contribution < -0.4 is 20.9 Å². The number of benzene rings is 1. The van der Waals surface area contributed by atoms with Gasteiger partial charge >= 0.3 is 0 Å². The van der Waals surface area contributed by atoms with E-state index in [9.17, 15) is 0 Å². The minimum atomic E-state index is 0.482. The van der Waals surface area contributed by atoms with Gasteiger partial charge in [0, 0.05) is 31.9 Å². The smallest absolute Gasteiger partial charge is 0.208 e.